The fourth-order valence-electron chi connectivity index (χ4n) is 4.07. The maximum atomic E-state index is 12.9. The lowest BCUT2D eigenvalue weighted by Crippen LogP contribution is -2.50. The molecule has 1 amide bonds. The summed E-state index contributed by atoms with van der Waals surface area (Å²) in [5.41, 5.74) is 1.21. The van der Waals surface area contributed by atoms with Crippen molar-refractivity contribution in [3.05, 3.63) is 46.2 Å². The molecule has 2 fully saturated rings. The molecule has 5 nitrogen and oxygen atoms in total. The zero-order valence-corrected chi connectivity index (χ0v) is 15.3. The molecule has 26 heavy (non-hydrogen) atoms. The van der Waals surface area contributed by atoms with Crippen molar-refractivity contribution in [2.24, 2.45) is 0 Å². The number of pyridine rings is 1. The van der Waals surface area contributed by atoms with E-state index in [0.717, 1.165) is 36.8 Å². The van der Waals surface area contributed by atoms with Crippen LogP contribution in [0.5, 0.6) is 0 Å². The van der Waals surface area contributed by atoms with Crippen LogP contribution in [0.2, 0.25) is 0 Å². The maximum absolute atomic E-state index is 12.9. The molecular formula is C21H27N3O2. The average molecular weight is 353 g/mol. The second kappa shape index (κ2) is 7.23. The molecule has 2 aromatic rings. The van der Waals surface area contributed by atoms with Crippen molar-refractivity contribution in [3.63, 3.8) is 0 Å². The summed E-state index contributed by atoms with van der Waals surface area (Å²) in [6.07, 6.45) is 5.93. The summed E-state index contributed by atoms with van der Waals surface area (Å²) in [5, 5.41) is 4.68. The number of piperidine rings is 1. The van der Waals surface area contributed by atoms with E-state index in [1.807, 2.05) is 42.2 Å². The summed E-state index contributed by atoms with van der Waals surface area (Å²) in [5.74, 6) is -0.354. The highest BCUT2D eigenvalue weighted by Crippen LogP contribution is 2.23. The molecule has 1 aromatic carbocycles. The van der Waals surface area contributed by atoms with Crippen molar-refractivity contribution in [1.82, 2.24) is 15.2 Å². The van der Waals surface area contributed by atoms with Gasteiger partial charge in [0.15, 0.2) is 0 Å². The van der Waals surface area contributed by atoms with Gasteiger partial charge in [0, 0.05) is 36.3 Å². The molecule has 0 bridgehead atoms. The van der Waals surface area contributed by atoms with Crippen LogP contribution < -0.4 is 10.9 Å². The normalized spacial score (nSPS) is 20.1. The van der Waals surface area contributed by atoms with E-state index in [-0.39, 0.29) is 11.5 Å². The van der Waals surface area contributed by atoms with E-state index in [4.69, 9.17) is 0 Å². The fourth-order valence-corrected chi connectivity index (χ4v) is 4.07. The third kappa shape index (κ3) is 3.40. The van der Waals surface area contributed by atoms with Crippen LogP contribution in [-0.2, 0) is 4.79 Å². The zero-order chi connectivity index (χ0) is 18.1. The summed E-state index contributed by atoms with van der Waals surface area (Å²) in [4.78, 5) is 30.2. The number of likely N-dealkylation sites (tertiary alicyclic amines) is 1. The van der Waals surface area contributed by atoms with Gasteiger partial charge in [-0.1, -0.05) is 24.6 Å². The standard InChI is InChI=1S/C21H27N3O2/c1-14(18-13-15-5-2-3-8-19(15)23-20(18)25)21(26)24-11-9-17(10-12-24)22-16-6-4-7-16/h2-3,5,8,13-14,16-17,22H,4,6-7,9-12H2,1H3,(H,23,25). The van der Waals surface area contributed by atoms with Crippen LogP contribution in [0.1, 0.15) is 50.5 Å². The molecule has 138 valence electrons. The van der Waals surface area contributed by atoms with Gasteiger partial charge in [0.1, 0.15) is 0 Å². The minimum absolute atomic E-state index is 0.0628. The van der Waals surface area contributed by atoms with E-state index in [1.54, 1.807) is 0 Å². The molecule has 1 aliphatic carbocycles. The number of H-pyrrole nitrogens is 1. The number of fused-ring (bicyclic) bond motifs is 1. The van der Waals surface area contributed by atoms with Crippen LogP contribution in [-0.4, -0.2) is 41.0 Å². The number of benzene rings is 1. The van der Waals surface area contributed by atoms with Gasteiger partial charge in [0.05, 0.1) is 5.92 Å². The number of para-hydroxylation sites is 1. The Balaban J connectivity index is 1.43. The molecule has 2 aliphatic rings. The number of nitrogens with one attached hydrogen (secondary N) is 2. The van der Waals surface area contributed by atoms with Gasteiger partial charge in [0.25, 0.3) is 5.56 Å². The lowest BCUT2D eigenvalue weighted by molar-refractivity contribution is -0.133. The predicted molar refractivity (Wildman–Crippen MR) is 103 cm³/mol. The number of carbonyl (C=O) groups is 1. The highest BCUT2D eigenvalue weighted by Gasteiger charge is 2.29. The van der Waals surface area contributed by atoms with Crippen LogP contribution >= 0.6 is 0 Å². The number of rotatable bonds is 4. The smallest absolute Gasteiger partial charge is 0.252 e. The third-order valence-corrected chi connectivity index (χ3v) is 6.00. The molecule has 2 heterocycles. The highest BCUT2D eigenvalue weighted by atomic mass is 16.2. The summed E-state index contributed by atoms with van der Waals surface area (Å²) < 4.78 is 0. The van der Waals surface area contributed by atoms with Crippen LogP contribution in [0.3, 0.4) is 0 Å². The van der Waals surface area contributed by atoms with Crippen molar-refractivity contribution in [1.29, 1.82) is 0 Å². The van der Waals surface area contributed by atoms with Gasteiger partial charge >= 0.3 is 0 Å². The fraction of sp³-hybridized carbons (Fsp3) is 0.524. The van der Waals surface area contributed by atoms with E-state index >= 15 is 0 Å². The van der Waals surface area contributed by atoms with E-state index < -0.39 is 5.92 Å². The number of nitrogens with zero attached hydrogens (tertiary/aromatic N) is 1. The molecule has 1 aromatic heterocycles. The number of hydrogen-bond acceptors (Lipinski definition) is 3. The predicted octanol–water partition coefficient (Wildman–Crippen LogP) is 2.76. The van der Waals surface area contributed by atoms with Gasteiger partial charge in [-0.05, 0) is 50.1 Å². The number of aromatic nitrogens is 1. The molecule has 1 atom stereocenters. The van der Waals surface area contributed by atoms with Crippen molar-refractivity contribution in [2.75, 3.05) is 13.1 Å². The molecule has 1 saturated carbocycles. The highest BCUT2D eigenvalue weighted by molar-refractivity contribution is 5.85. The summed E-state index contributed by atoms with van der Waals surface area (Å²) in [6.45, 7) is 3.40. The minimum Gasteiger partial charge on any atom is -0.342 e. The minimum atomic E-state index is -0.417. The Labute approximate surface area is 153 Å². The van der Waals surface area contributed by atoms with Crippen molar-refractivity contribution in [2.45, 2.75) is 57.0 Å². The summed E-state index contributed by atoms with van der Waals surface area (Å²) in [7, 11) is 0. The summed E-state index contributed by atoms with van der Waals surface area (Å²) in [6, 6.07) is 10.8. The Morgan fingerprint density at radius 3 is 2.54 bits per heavy atom. The number of aromatic amines is 1. The molecule has 4 rings (SSSR count). The Kier molecular flexibility index (Phi) is 4.81. The second-order valence-electron chi connectivity index (χ2n) is 7.76. The van der Waals surface area contributed by atoms with Gasteiger partial charge in [0.2, 0.25) is 5.91 Å². The van der Waals surface area contributed by atoms with Crippen molar-refractivity contribution >= 4 is 16.8 Å². The molecule has 0 spiro atoms. The van der Waals surface area contributed by atoms with Gasteiger partial charge in [-0.2, -0.15) is 0 Å². The SMILES string of the molecule is CC(C(=O)N1CCC(NC2CCC2)CC1)c1cc2ccccc2[nH]c1=O. The van der Waals surface area contributed by atoms with Crippen LogP contribution in [0.15, 0.2) is 35.1 Å². The monoisotopic (exact) mass is 353 g/mol. The molecule has 5 heteroatoms. The third-order valence-electron chi connectivity index (χ3n) is 6.00. The molecule has 1 unspecified atom stereocenters. The quantitative estimate of drug-likeness (QED) is 0.888. The number of hydrogen-bond donors (Lipinski definition) is 2. The van der Waals surface area contributed by atoms with E-state index in [9.17, 15) is 9.59 Å². The van der Waals surface area contributed by atoms with Crippen LogP contribution in [0.25, 0.3) is 10.9 Å². The van der Waals surface area contributed by atoms with E-state index in [2.05, 4.69) is 10.3 Å². The Morgan fingerprint density at radius 1 is 1.15 bits per heavy atom. The van der Waals surface area contributed by atoms with E-state index in [0.29, 0.717) is 17.6 Å². The Morgan fingerprint density at radius 2 is 1.85 bits per heavy atom. The van der Waals surface area contributed by atoms with Crippen LogP contribution in [0.4, 0.5) is 0 Å². The first-order chi connectivity index (χ1) is 12.6. The Bertz CT molecular complexity index is 848. The number of amides is 1. The first-order valence-corrected chi connectivity index (χ1v) is 9.78. The zero-order valence-electron chi connectivity index (χ0n) is 15.3. The van der Waals surface area contributed by atoms with Gasteiger partial charge in [-0.3, -0.25) is 9.59 Å². The van der Waals surface area contributed by atoms with Gasteiger partial charge in [-0.15, -0.1) is 0 Å². The van der Waals surface area contributed by atoms with E-state index in [1.165, 1.54) is 19.3 Å². The lowest BCUT2D eigenvalue weighted by atomic mass is 9.91. The molecule has 1 aliphatic heterocycles. The maximum Gasteiger partial charge on any atom is 0.252 e. The van der Waals surface area contributed by atoms with Crippen molar-refractivity contribution < 1.29 is 4.79 Å². The first kappa shape index (κ1) is 17.3. The topological polar surface area (TPSA) is 65.2 Å². The largest absolute Gasteiger partial charge is 0.342 e. The summed E-state index contributed by atoms with van der Waals surface area (Å²) >= 11 is 0. The molecule has 1 saturated heterocycles. The van der Waals surface area contributed by atoms with Gasteiger partial charge < -0.3 is 15.2 Å². The first-order valence-electron chi connectivity index (χ1n) is 9.78. The molecular weight excluding hydrogens is 326 g/mol. The number of carbonyl (C=O) groups excluding carboxylic acids is 1. The van der Waals surface area contributed by atoms with Crippen LogP contribution in [0, 0.1) is 0 Å². The average Bonchev–Trinajstić information content (AvgIpc) is 2.63. The Hall–Kier alpha value is -2.14. The second-order valence-corrected chi connectivity index (χ2v) is 7.76. The van der Waals surface area contributed by atoms with Gasteiger partial charge in [-0.25, -0.2) is 0 Å². The molecule has 0 radical (unpaired) electrons. The van der Waals surface area contributed by atoms with Crippen molar-refractivity contribution in [3.8, 4) is 0 Å². The molecule has 2 N–H and O–H groups in total. The lowest BCUT2D eigenvalue weighted by Gasteiger charge is -2.37.